The number of aromatic hydroxyl groups is 2. The lowest BCUT2D eigenvalue weighted by Gasteiger charge is -2.16. The minimum atomic E-state index is -4.44. The first-order chi connectivity index (χ1) is 9.77. The Hall–Kier alpha value is -1.81. The maximum atomic E-state index is 11.5. The topological polar surface area (TPSA) is 98.0 Å². The fourth-order valence-corrected chi connectivity index (χ4v) is 3.09. The van der Waals surface area contributed by atoms with E-state index < -0.39 is 7.60 Å². The van der Waals surface area contributed by atoms with Crippen molar-refractivity contribution in [1.29, 1.82) is 0 Å². The average Bonchev–Trinajstić information content (AvgIpc) is 2.40. The van der Waals surface area contributed by atoms with Crippen molar-refractivity contribution in [2.45, 2.75) is 19.3 Å². The molecule has 2 aromatic carbocycles. The van der Waals surface area contributed by atoms with Crippen LogP contribution in [0.1, 0.15) is 24.0 Å². The van der Waals surface area contributed by atoms with Crippen LogP contribution in [0.4, 0.5) is 0 Å². The summed E-state index contributed by atoms with van der Waals surface area (Å²) in [6, 6.07) is 10.8. The molecule has 0 aliphatic rings. The molecule has 5 nitrogen and oxygen atoms in total. The number of hydrogen-bond acceptors (Lipinski definition) is 3. The van der Waals surface area contributed by atoms with E-state index in [1.54, 1.807) is 24.3 Å². The Kier molecular flexibility index (Phi) is 4.37. The molecule has 0 bridgehead atoms. The van der Waals surface area contributed by atoms with Gasteiger partial charge in [-0.15, -0.1) is 0 Å². The largest absolute Gasteiger partial charge is 0.508 e. The molecule has 0 heterocycles. The first-order valence-electron chi connectivity index (χ1n) is 6.44. The zero-order valence-electron chi connectivity index (χ0n) is 11.5. The van der Waals surface area contributed by atoms with Gasteiger partial charge in [-0.2, -0.15) is 0 Å². The Morgan fingerprint density at radius 3 is 2.14 bits per heavy atom. The minimum absolute atomic E-state index is 0.0143. The van der Waals surface area contributed by atoms with Gasteiger partial charge in [0.15, 0.2) is 0 Å². The molecule has 0 amide bonds. The first-order valence-corrected chi connectivity index (χ1v) is 8.05. The molecule has 21 heavy (non-hydrogen) atoms. The highest BCUT2D eigenvalue weighted by molar-refractivity contribution is 7.60. The van der Waals surface area contributed by atoms with Gasteiger partial charge in [0.05, 0.1) is 5.30 Å². The van der Waals surface area contributed by atoms with Crippen molar-refractivity contribution in [3.8, 4) is 11.5 Å². The van der Waals surface area contributed by atoms with Gasteiger partial charge in [-0.1, -0.05) is 25.1 Å². The van der Waals surface area contributed by atoms with Crippen molar-refractivity contribution in [3.63, 3.8) is 0 Å². The van der Waals surface area contributed by atoms with Crippen LogP contribution in [-0.4, -0.2) is 20.0 Å². The summed E-state index contributed by atoms with van der Waals surface area (Å²) in [5.74, 6) is 0.0151. The average molecular weight is 308 g/mol. The molecule has 0 fully saturated rings. The van der Waals surface area contributed by atoms with E-state index in [0.717, 1.165) is 11.6 Å². The van der Waals surface area contributed by atoms with Crippen LogP contribution in [0.2, 0.25) is 0 Å². The van der Waals surface area contributed by atoms with Crippen LogP contribution < -0.4 is 5.30 Å². The predicted molar refractivity (Wildman–Crippen MR) is 80.0 cm³/mol. The van der Waals surface area contributed by atoms with E-state index in [0.29, 0.717) is 12.0 Å². The molecule has 0 spiro atoms. The van der Waals surface area contributed by atoms with Crippen LogP contribution in [0.3, 0.4) is 0 Å². The molecule has 2 rings (SSSR count). The Labute approximate surface area is 122 Å². The maximum Gasteiger partial charge on any atom is 0.356 e. The number of benzene rings is 2. The number of phenolic OH excluding ortho intramolecular Hbond substituents is 2. The number of hydrogen-bond donors (Lipinski definition) is 4. The van der Waals surface area contributed by atoms with E-state index in [2.05, 4.69) is 0 Å². The Morgan fingerprint density at radius 1 is 1.00 bits per heavy atom. The van der Waals surface area contributed by atoms with Crippen LogP contribution in [-0.2, 0) is 11.0 Å². The van der Waals surface area contributed by atoms with Crippen molar-refractivity contribution >= 4 is 12.9 Å². The fraction of sp³-hybridized carbons (Fsp3) is 0.200. The normalized spacial score (nSPS) is 13.1. The highest BCUT2D eigenvalue weighted by atomic mass is 31.2. The highest BCUT2D eigenvalue weighted by Crippen LogP contribution is 2.37. The van der Waals surface area contributed by atoms with Gasteiger partial charge in [0.25, 0.3) is 0 Å². The third-order valence-electron chi connectivity index (χ3n) is 3.37. The van der Waals surface area contributed by atoms with Crippen molar-refractivity contribution < 1.29 is 24.6 Å². The molecule has 0 aliphatic carbocycles. The van der Waals surface area contributed by atoms with E-state index in [-0.39, 0.29) is 22.7 Å². The van der Waals surface area contributed by atoms with Crippen molar-refractivity contribution in [1.82, 2.24) is 0 Å². The zero-order chi connectivity index (χ0) is 15.6. The van der Waals surface area contributed by atoms with Crippen molar-refractivity contribution in [3.05, 3.63) is 53.6 Å². The lowest BCUT2D eigenvalue weighted by atomic mass is 9.93. The molecule has 4 N–H and O–H groups in total. The van der Waals surface area contributed by atoms with Gasteiger partial charge in [-0.25, -0.2) is 0 Å². The highest BCUT2D eigenvalue weighted by Gasteiger charge is 2.23. The molecule has 0 radical (unpaired) electrons. The van der Waals surface area contributed by atoms with E-state index in [1.165, 1.54) is 12.1 Å². The summed E-state index contributed by atoms with van der Waals surface area (Å²) in [4.78, 5) is 18.8. The third kappa shape index (κ3) is 3.85. The quantitative estimate of drug-likeness (QED) is 0.649. The standard InChI is InChI=1S/C15H17O5P/c1-10(11-2-5-13(16)6-3-11)8-12-4-7-14(17)9-15(12)21(18,19)20/h2-7,9-10,16-17H,8H2,1H3,(H2,18,19,20). The van der Waals surface area contributed by atoms with Crippen LogP contribution in [0.15, 0.2) is 42.5 Å². The molecule has 0 saturated carbocycles. The Bertz CT molecular complexity index is 675. The lowest BCUT2D eigenvalue weighted by molar-refractivity contribution is 0.386. The van der Waals surface area contributed by atoms with Crippen molar-refractivity contribution in [2.24, 2.45) is 0 Å². The second-order valence-corrected chi connectivity index (χ2v) is 6.62. The zero-order valence-corrected chi connectivity index (χ0v) is 12.4. The molecular weight excluding hydrogens is 291 g/mol. The smallest absolute Gasteiger partial charge is 0.356 e. The monoisotopic (exact) mass is 308 g/mol. The van der Waals surface area contributed by atoms with Gasteiger partial charge in [0, 0.05) is 0 Å². The van der Waals surface area contributed by atoms with Crippen molar-refractivity contribution in [2.75, 3.05) is 0 Å². The molecule has 112 valence electrons. The van der Waals surface area contributed by atoms with E-state index in [1.807, 2.05) is 6.92 Å². The van der Waals surface area contributed by atoms with Crippen LogP contribution in [0.25, 0.3) is 0 Å². The molecule has 2 aromatic rings. The molecule has 0 aliphatic heterocycles. The van der Waals surface area contributed by atoms with Gasteiger partial charge >= 0.3 is 7.60 Å². The van der Waals surface area contributed by atoms with Crippen LogP contribution in [0.5, 0.6) is 11.5 Å². The molecule has 6 heteroatoms. The summed E-state index contributed by atoms with van der Waals surface area (Å²) in [6.07, 6.45) is 0.422. The van der Waals surface area contributed by atoms with E-state index in [9.17, 15) is 24.6 Å². The molecule has 1 atom stereocenters. The van der Waals surface area contributed by atoms with Crippen LogP contribution in [0, 0.1) is 0 Å². The van der Waals surface area contributed by atoms with E-state index in [4.69, 9.17) is 0 Å². The van der Waals surface area contributed by atoms with Gasteiger partial charge < -0.3 is 20.0 Å². The Balaban J connectivity index is 2.31. The summed E-state index contributed by atoms with van der Waals surface area (Å²) < 4.78 is 11.5. The fourth-order valence-electron chi connectivity index (χ4n) is 2.25. The molecule has 0 aromatic heterocycles. The van der Waals surface area contributed by atoms with Gasteiger partial charge in [-0.05, 0) is 47.7 Å². The second-order valence-electron chi connectivity index (χ2n) is 5.05. The van der Waals surface area contributed by atoms with Gasteiger partial charge in [-0.3, -0.25) is 4.57 Å². The van der Waals surface area contributed by atoms with E-state index >= 15 is 0 Å². The number of rotatable bonds is 4. The molecule has 1 unspecified atom stereocenters. The Morgan fingerprint density at radius 2 is 1.57 bits per heavy atom. The summed E-state index contributed by atoms with van der Waals surface area (Å²) in [7, 11) is -4.44. The minimum Gasteiger partial charge on any atom is -0.508 e. The predicted octanol–water partition coefficient (Wildman–Crippen LogP) is 2.25. The summed E-state index contributed by atoms with van der Waals surface area (Å²) in [6.45, 7) is 1.93. The molecular formula is C15H17O5P. The second kappa shape index (κ2) is 5.90. The summed E-state index contributed by atoms with van der Waals surface area (Å²) in [5.41, 5.74) is 1.46. The molecule has 0 saturated heterocycles. The van der Waals surface area contributed by atoms with Crippen LogP contribution >= 0.6 is 7.60 Å². The van der Waals surface area contributed by atoms with Gasteiger partial charge in [0.2, 0.25) is 0 Å². The maximum absolute atomic E-state index is 11.5. The first kappa shape index (κ1) is 15.6. The third-order valence-corrected chi connectivity index (χ3v) is 4.41. The number of phenols is 2. The summed E-state index contributed by atoms with van der Waals surface area (Å²) in [5, 5.41) is 18.5. The summed E-state index contributed by atoms with van der Waals surface area (Å²) >= 11 is 0. The lowest BCUT2D eigenvalue weighted by Crippen LogP contribution is -2.13. The van der Waals surface area contributed by atoms with Gasteiger partial charge in [0.1, 0.15) is 11.5 Å². The SMILES string of the molecule is CC(Cc1ccc(O)cc1P(=O)(O)O)c1ccc(O)cc1.